The summed E-state index contributed by atoms with van der Waals surface area (Å²) >= 11 is 0. The van der Waals surface area contributed by atoms with Gasteiger partial charge in [-0.05, 0) is 74.6 Å². The normalized spacial score (nSPS) is 11.5. The lowest BCUT2D eigenvalue weighted by atomic mass is 10.0. The molecule has 6 rings (SSSR count). The number of aromatic nitrogens is 5. The fourth-order valence-electron chi connectivity index (χ4n) is 5.27. The fraction of sp³-hybridized carbons (Fsp3) is 0.235. The highest BCUT2D eigenvalue weighted by atomic mass is 19.1. The van der Waals surface area contributed by atoms with Crippen LogP contribution in [0.2, 0.25) is 0 Å². The number of nitrogens with one attached hydrogen (secondary N) is 4. The average molecular weight is 591 g/mol. The molecule has 0 saturated carbocycles. The van der Waals surface area contributed by atoms with Gasteiger partial charge in [-0.2, -0.15) is 5.10 Å². The number of nitrogens with zero attached hydrogens (tertiary/aromatic N) is 4. The molecule has 0 bridgehead atoms. The number of hydrogen-bond acceptors (Lipinski definition) is 6. The van der Waals surface area contributed by atoms with E-state index >= 15 is 0 Å². The Balaban J connectivity index is 1.33. The largest absolute Gasteiger partial charge is 0.384 e. The molecule has 44 heavy (non-hydrogen) atoms. The van der Waals surface area contributed by atoms with Crippen molar-refractivity contribution in [3.8, 4) is 33.8 Å². The molecule has 0 fully saturated rings. The highest BCUT2D eigenvalue weighted by Gasteiger charge is 2.16. The highest BCUT2D eigenvalue weighted by Crippen LogP contribution is 2.35. The summed E-state index contributed by atoms with van der Waals surface area (Å²) in [7, 11) is 4.00. The van der Waals surface area contributed by atoms with E-state index in [-0.39, 0.29) is 11.7 Å². The van der Waals surface area contributed by atoms with E-state index < -0.39 is 0 Å². The number of fused-ring (bicyclic) bond motifs is 2. The van der Waals surface area contributed by atoms with Crippen molar-refractivity contribution in [2.24, 2.45) is 0 Å². The molecule has 0 aliphatic carbocycles. The second-order valence-electron chi connectivity index (χ2n) is 11.2. The van der Waals surface area contributed by atoms with Gasteiger partial charge in [0.05, 0.1) is 11.4 Å². The average Bonchev–Trinajstić information content (AvgIpc) is 3.63. The van der Waals surface area contributed by atoms with Crippen LogP contribution in [0.3, 0.4) is 0 Å². The van der Waals surface area contributed by atoms with Crippen molar-refractivity contribution < 1.29 is 9.18 Å². The van der Waals surface area contributed by atoms with E-state index in [2.05, 4.69) is 47.6 Å². The van der Waals surface area contributed by atoms with Crippen molar-refractivity contribution in [3.05, 3.63) is 78.9 Å². The molecule has 1 amide bonds. The zero-order valence-corrected chi connectivity index (χ0v) is 25.0. The summed E-state index contributed by atoms with van der Waals surface area (Å²) in [5, 5.41) is 15.6. The summed E-state index contributed by atoms with van der Waals surface area (Å²) in [6.45, 7) is 3.59. The molecule has 6 aromatic rings. The number of rotatable bonds is 11. The van der Waals surface area contributed by atoms with Crippen molar-refractivity contribution in [1.82, 2.24) is 30.0 Å². The minimum atomic E-state index is -0.328. The Morgan fingerprint density at radius 3 is 2.64 bits per heavy atom. The van der Waals surface area contributed by atoms with Gasteiger partial charge in [0.1, 0.15) is 11.5 Å². The van der Waals surface area contributed by atoms with Crippen LogP contribution in [0, 0.1) is 5.82 Å². The standard InChI is InChI=1S/C34H35FN8O/c1-4-5-9-31(44)39-25-8-6-7-21(15-25)23-17-28-33(41-42-34(28)38-20-23)30-19-27-29(40-30)10-11-37-32(27)22-14-24(35)18-26(16-22)36-12-13-43(2)3/h6-8,10-11,14-20,36,40H,4-5,9,12-13H2,1-3H3,(H,39,44)(H,38,41,42). The summed E-state index contributed by atoms with van der Waals surface area (Å²) in [5.74, 6) is -0.316. The van der Waals surface area contributed by atoms with Gasteiger partial charge in [-0.3, -0.25) is 14.9 Å². The lowest BCUT2D eigenvalue weighted by Crippen LogP contribution is -2.20. The van der Waals surface area contributed by atoms with Crippen molar-refractivity contribution in [2.45, 2.75) is 26.2 Å². The molecular formula is C34H35FN8O. The molecule has 0 atom stereocenters. The number of anilines is 2. The molecule has 0 unspecified atom stereocenters. The number of amides is 1. The van der Waals surface area contributed by atoms with E-state index in [1.807, 2.05) is 62.6 Å². The van der Waals surface area contributed by atoms with Gasteiger partial charge in [-0.1, -0.05) is 25.5 Å². The number of carbonyl (C=O) groups is 1. The molecule has 9 nitrogen and oxygen atoms in total. The molecule has 4 N–H and O–H groups in total. The molecular weight excluding hydrogens is 555 g/mol. The number of H-pyrrole nitrogens is 2. The zero-order valence-electron chi connectivity index (χ0n) is 25.0. The zero-order chi connectivity index (χ0) is 30.6. The van der Waals surface area contributed by atoms with Crippen LogP contribution < -0.4 is 10.6 Å². The van der Waals surface area contributed by atoms with Gasteiger partial charge >= 0.3 is 0 Å². The van der Waals surface area contributed by atoms with E-state index in [1.165, 1.54) is 12.1 Å². The van der Waals surface area contributed by atoms with Gasteiger partial charge in [0.15, 0.2) is 5.65 Å². The van der Waals surface area contributed by atoms with Crippen LogP contribution in [0.1, 0.15) is 26.2 Å². The van der Waals surface area contributed by atoms with Crippen molar-refractivity contribution in [2.75, 3.05) is 37.8 Å². The first-order chi connectivity index (χ1) is 21.4. The second-order valence-corrected chi connectivity index (χ2v) is 11.2. The lowest BCUT2D eigenvalue weighted by molar-refractivity contribution is -0.116. The topological polar surface area (TPSA) is 115 Å². The summed E-state index contributed by atoms with van der Waals surface area (Å²) < 4.78 is 14.7. The van der Waals surface area contributed by atoms with Crippen LogP contribution in [-0.2, 0) is 4.79 Å². The third kappa shape index (κ3) is 6.30. The van der Waals surface area contributed by atoms with Gasteiger partial charge in [-0.15, -0.1) is 0 Å². The molecule has 0 saturated heterocycles. The number of halogens is 1. The molecule has 10 heteroatoms. The van der Waals surface area contributed by atoms with Crippen LogP contribution in [0.15, 0.2) is 73.1 Å². The predicted molar refractivity (Wildman–Crippen MR) is 175 cm³/mol. The number of unbranched alkanes of at least 4 members (excludes halogenated alkanes) is 1. The smallest absolute Gasteiger partial charge is 0.224 e. The Morgan fingerprint density at radius 2 is 1.80 bits per heavy atom. The predicted octanol–water partition coefficient (Wildman–Crippen LogP) is 7.08. The maximum Gasteiger partial charge on any atom is 0.224 e. The highest BCUT2D eigenvalue weighted by molar-refractivity contribution is 6.00. The molecule has 0 spiro atoms. The van der Waals surface area contributed by atoms with Crippen LogP contribution in [-0.4, -0.2) is 63.1 Å². The van der Waals surface area contributed by atoms with Crippen LogP contribution in [0.4, 0.5) is 15.8 Å². The quantitative estimate of drug-likeness (QED) is 0.128. The van der Waals surface area contributed by atoms with Crippen LogP contribution in [0.25, 0.3) is 55.7 Å². The van der Waals surface area contributed by atoms with E-state index in [9.17, 15) is 9.18 Å². The number of benzene rings is 2. The fourth-order valence-corrected chi connectivity index (χ4v) is 5.27. The van der Waals surface area contributed by atoms with Gasteiger partial charge in [-0.25, -0.2) is 9.37 Å². The molecule has 0 radical (unpaired) electrons. The van der Waals surface area contributed by atoms with E-state index in [0.29, 0.717) is 41.3 Å². The number of aromatic amines is 2. The molecule has 4 heterocycles. The maximum atomic E-state index is 14.7. The van der Waals surface area contributed by atoms with Crippen molar-refractivity contribution in [3.63, 3.8) is 0 Å². The lowest BCUT2D eigenvalue weighted by Gasteiger charge is -2.12. The summed E-state index contributed by atoms with van der Waals surface area (Å²) in [5.41, 5.74) is 7.68. The Morgan fingerprint density at radius 1 is 0.932 bits per heavy atom. The summed E-state index contributed by atoms with van der Waals surface area (Å²) in [6, 6.07) is 18.6. The molecule has 4 aromatic heterocycles. The number of hydrogen-bond donors (Lipinski definition) is 4. The third-order valence-electron chi connectivity index (χ3n) is 7.52. The molecule has 0 aliphatic rings. The van der Waals surface area contributed by atoms with Gasteiger partial charge in [0.2, 0.25) is 5.91 Å². The van der Waals surface area contributed by atoms with Gasteiger partial charge in [0, 0.05) is 70.7 Å². The minimum Gasteiger partial charge on any atom is -0.384 e. The monoisotopic (exact) mass is 590 g/mol. The van der Waals surface area contributed by atoms with E-state index in [4.69, 9.17) is 0 Å². The first-order valence-corrected chi connectivity index (χ1v) is 14.8. The Hall–Kier alpha value is -5.09. The van der Waals surface area contributed by atoms with Crippen molar-refractivity contribution >= 4 is 39.2 Å². The first-order valence-electron chi connectivity index (χ1n) is 14.8. The Bertz CT molecular complexity index is 1940. The number of likely N-dealkylation sites (N-methyl/N-ethyl adjacent to an activating group) is 1. The molecule has 224 valence electrons. The minimum absolute atomic E-state index is 0.0115. The number of pyridine rings is 2. The van der Waals surface area contributed by atoms with E-state index in [0.717, 1.165) is 58.2 Å². The summed E-state index contributed by atoms with van der Waals surface area (Å²) in [4.78, 5) is 27.1. The van der Waals surface area contributed by atoms with Crippen molar-refractivity contribution in [1.29, 1.82) is 0 Å². The van der Waals surface area contributed by atoms with Crippen LogP contribution in [0.5, 0.6) is 0 Å². The van der Waals surface area contributed by atoms with Gasteiger partial charge < -0.3 is 20.5 Å². The summed E-state index contributed by atoms with van der Waals surface area (Å²) in [6.07, 6.45) is 5.85. The maximum absolute atomic E-state index is 14.7. The molecule has 0 aliphatic heterocycles. The number of carbonyl (C=O) groups excluding carboxylic acids is 1. The molecule has 2 aromatic carbocycles. The SMILES string of the molecule is CCCCC(=O)Nc1cccc(-c2cnc3[nH]nc(-c4cc5c(-c6cc(F)cc(NCCN(C)C)c6)nccc5[nH]4)c3c2)c1. The second kappa shape index (κ2) is 12.6. The third-order valence-corrected chi connectivity index (χ3v) is 7.52. The van der Waals surface area contributed by atoms with Crippen LogP contribution >= 0.6 is 0 Å². The Kier molecular flexibility index (Phi) is 8.33. The van der Waals surface area contributed by atoms with E-state index in [1.54, 1.807) is 12.4 Å². The van der Waals surface area contributed by atoms with Gasteiger partial charge in [0.25, 0.3) is 0 Å². The Labute approximate surface area is 254 Å². The first kappa shape index (κ1) is 29.0.